The lowest BCUT2D eigenvalue weighted by Crippen LogP contribution is -2.33. The minimum Gasteiger partial charge on any atom is -0.499 e. The summed E-state index contributed by atoms with van der Waals surface area (Å²) in [6.45, 7) is 9.18. The van der Waals surface area contributed by atoms with Crippen molar-refractivity contribution in [3.63, 3.8) is 0 Å². The molecule has 0 amide bonds. The predicted octanol–water partition coefficient (Wildman–Crippen LogP) is 0.948. The van der Waals surface area contributed by atoms with Crippen LogP contribution in [0.5, 0.6) is 0 Å². The Morgan fingerprint density at radius 3 is 2.22 bits per heavy atom. The number of ether oxygens (including phenoxy) is 4. The Hall–Kier alpha value is -0.620. The first-order chi connectivity index (χ1) is 8.93. The number of rotatable bonds is 11. The van der Waals surface area contributed by atoms with Crippen molar-refractivity contribution in [1.29, 1.82) is 0 Å². The van der Waals surface area contributed by atoms with E-state index in [9.17, 15) is 0 Å². The second-order valence-corrected chi connectivity index (χ2v) is 4.08. The molecular weight excluding hydrogens is 234 g/mol. The van der Waals surface area contributed by atoms with Gasteiger partial charge in [-0.15, -0.1) is 0 Å². The second-order valence-electron chi connectivity index (χ2n) is 4.08. The third kappa shape index (κ3) is 8.47. The van der Waals surface area contributed by atoms with Gasteiger partial charge in [0.1, 0.15) is 6.61 Å². The smallest absolute Gasteiger partial charge is 0.111 e. The molecule has 1 aliphatic heterocycles. The minimum absolute atomic E-state index is 0.405. The van der Waals surface area contributed by atoms with Crippen LogP contribution in [0.15, 0.2) is 12.8 Å². The molecule has 0 aromatic rings. The van der Waals surface area contributed by atoms with Crippen LogP contribution >= 0.6 is 0 Å². The van der Waals surface area contributed by atoms with Crippen LogP contribution in [-0.4, -0.2) is 58.8 Å². The van der Waals surface area contributed by atoms with E-state index in [1.54, 1.807) is 0 Å². The van der Waals surface area contributed by atoms with Crippen molar-refractivity contribution in [2.24, 2.45) is 0 Å². The molecule has 106 valence electrons. The predicted molar refractivity (Wildman–Crippen MR) is 69.6 cm³/mol. The van der Waals surface area contributed by atoms with Crippen molar-refractivity contribution in [2.75, 3.05) is 52.7 Å². The third-order valence-corrected chi connectivity index (χ3v) is 2.70. The highest BCUT2D eigenvalue weighted by molar-refractivity contribution is 4.67. The molecule has 18 heavy (non-hydrogen) atoms. The molecule has 0 bridgehead atoms. The van der Waals surface area contributed by atoms with Gasteiger partial charge in [0, 0.05) is 0 Å². The molecule has 0 aliphatic carbocycles. The van der Waals surface area contributed by atoms with Gasteiger partial charge in [0.05, 0.1) is 45.4 Å². The average molecular weight is 259 g/mol. The van der Waals surface area contributed by atoms with E-state index >= 15 is 0 Å². The molecule has 0 unspecified atom stereocenters. The highest BCUT2D eigenvalue weighted by Gasteiger charge is 2.12. The fourth-order valence-electron chi connectivity index (χ4n) is 1.75. The lowest BCUT2D eigenvalue weighted by Gasteiger charge is -2.22. The number of piperidine rings is 1. The van der Waals surface area contributed by atoms with Crippen LogP contribution in [0, 0.1) is 0 Å². The van der Waals surface area contributed by atoms with Gasteiger partial charge in [-0.05, 0) is 25.9 Å². The summed E-state index contributed by atoms with van der Waals surface area (Å²) in [6.07, 6.45) is 4.03. The molecule has 1 aliphatic rings. The molecule has 5 heteroatoms. The maximum absolute atomic E-state index is 5.71. The molecule has 0 saturated carbocycles. The van der Waals surface area contributed by atoms with Gasteiger partial charge in [0.15, 0.2) is 0 Å². The molecule has 0 aromatic heterocycles. The summed E-state index contributed by atoms with van der Waals surface area (Å²) < 4.78 is 21.3. The van der Waals surface area contributed by atoms with E-state index in [1.807, 2.05) is 0 Å². The SMILES string of the molecule is C=COCCOCCOCCOC1CCNCC1. The van der Waals surface area contributed by atoms with Crippen molar-refractivity contribution in [1.82, 2.24) is 5.32 Å². The Morgan fingerprint density at radius 2 is 1.56 bits per heavy atom. The van der Waals surface area contributed by atoms with Crippen LogP contribution in [-0.2, 0) is 18.9 Å². The molecule has 0 aromatic carbocycles. The Labute approximate surface area is 109 Å². The van der Waals surface area contributed by atoms with Gasteiger partial charge < -0.3 is 24.3 Å². The Kier molecular flexibility index (Phi) is 9.84. The van der Waals surface area contributed by atoms with E-state index in [2.05, 4.69) is 11.9 Å². The lowest BCUT2D eigenvalue weighted by atomic mass is 10.1. The first-order valence-corrected chi connectivity index (χ1v) is 6.64. The van der Waals surface area contributed by atoms with Gasteiger partial charge in [-0.1, -0.05) is 6.58 Å². The highest BCUT2D eigenvalue weighted by Crippen LogP contribution is 2.06. The lowest BCUT2D eigenvalue weighted by molar-refractivity contribution is -0.0223. The number of hydrogen-bond acceptors (Lipinski definition) is 5. The van der Waals surface area contributed by atoms with Gasteiger partial charge >= 0.3 is 0 Å². The minimum atomic E-state index is 0.405. The van der Waals surface area contributed by atoms with E-state index in [0.717, 1.165) is 25.9 Å². The zero-order valence-electron chi connectivity index (χ0n) is 11.1. The van der Waals surface area contributed by atoms with Crippen LogP contribution in [0.25, 0.3) is 0 Å². The number of nitrogens with one attached hydrogen (secondary N) is 1. The molecule has 1 saturated heterocycles. The van der Waals surface area contributed by atoms with Crippen LogP contribution in [0.2, 0.25) is 0 Å². The summed E-state index contributed by atoms with van der Waals surface area (Å²) in [5, 5.41) is 3.31. The average Bonchev–Trinajstić information content (AvgIpc) is 2.42. The standard InChI is InChI=1S/C13H25NO4/c1-2-15-7-8-16-9-10-17-11-12-18-13-3-5-14-6-4-13/h2,13-14H,1,3-12H2. The molecular formula is C13H25NO4. The van der Waals surface area contributed by atoms with Crippen LogP contribution in [0.4, 0.5) is 0 Å². The van der Waals surface area contributed by atoms with Crippen LogP contribution in [0.3, 0.4) is 0 Å². The molecule has 1 fully saturated rings. The number of hydrogen-bond donors (Lipinski definition) is 1. The van der Waals surface area contributed by atoms with Crippen LogP contribution in [0.1, 0.15) is 12.8 Å². The molecule has 1 heterocycles. The molecule has 1 N–H and O–H groups in total. The molecule has 1 rings (SSSR count). The summed E-state index contributed by atoms with van der Waals surface area (Å²) in [5.41, 5.74) is 0. The van der Waals surface area contributed by atoms with E-state index in [4.69, 9.17) is 18.9 Å². The van der Waals surface area contributed by atoms with E-state index in [1.165, 1.54) is 6.26 Å². The van der Waals surface area contributed by atoms with E-state index < -0.39 is 0 Å². The second kappa shape index (κ2) is 11.5. The van der Waals surface area contributed by atoms with Gasteiger partial charge in [-0.3, -0.25) is 0 Å². The van der Waals surface area contributed by atoms with E-state index in [-0.39, 0.29) is 0 Å². The monoisotopic (exact) mass is 259 g/mol. The summed E-state index contributed by atoms with van der Waals surface area (Å²) in [4.78, 5) is 0. The summed E-state index contributed by atoms with van der Waals surface area (Å²) in [5.74, 6) is 0. The van der Waals surface area contributed by atoms with Gasteiger partial charge in [0.25, 0.3) is 0 Å². The van der Waals surface area contributed by atoms with Gasteiger partial charge in [-0.25, -0.2) is 0 Å². The van der Waals surface area contributed by atoms with Crippen molar-refractivity contribution < 1.29 is 18.9 Å². The Morgan fingerprint density at radius 1 is 0.944 bits per heavy atom. The van der Waals surface area contributed by atoms with Crippen molar-refractivity contribution in [3.8, 4) is 0 Å². The Bertz CT molecular complexity index is 195. The maximum atomic E-state index is 5.71. The first-order valence-electron chi connectivity index (χ1n) is 6.64. The topological polar surface area (TPSA) is 49.0 Å². The Balaban J connectivity index is 1.74. The normalized spacial score (nSPS) is 16.7. The zero-order chi connectivity index (χ0) is 12.9. The molecule has 5 nitrogen and oxygen atoms in total. The summed E-state index contributed by atoms with van der Waals surface area (Å²) >= 11 is 0. The molecule has 0 radical (unpaired) electrons. The quantitative estimate of drug-likeness (QED) is 0.442. The summed E-state index contributed by atoms with van der Waals surface area (Å²) in [7, 11) is 0. The summed E-state index contributed by atoms with van der Waals surface area (Å²) in [6, 6.07) is 0. The maximum Gasteiger partial charge on any atom is 0.111 e. The fraction of sp³-hybridized carbons (Fsp3) is 0.846. The third-order valence-electron chi connectivity index (χ3n) is 2.70. The first kappa shape index (κ1) is 15.4. The fourth-order valence-corrected chi connectivity index (χ4v) is 1.75. The zero-order valence-corrected chi connectivity index (χ0v) is 11.1. The highest BCUT2D eigenvalue weighted by atomic mass is 16.6. The van der Waals surface area contributed by atoms with Gasteiger partial charge in [-0.2, -0.15) is 0 Å². The van der Waals surface area contributed by atoms with Crippen molar-refractivity contribution in [2.45, 2.75) is 18.9 Å². The van der Waals surface area contributed by atoms with E-state index in [0.29, 0.717) is 45.7 Å². The van der Waals surface area contributed by atoms with Crippen molar-refractivity contribution >= 4 is 0 Å². The molecule has 0 atom stereocenters. The largest absolute Gasteiger partial charge is 0.499 e. The molecule has 0 spiro atoms. The van der Waals surface area contributed by atoms with Gasteiger partial charge in [0.2, 0.25) is 0 Å². The van der Waals surface area contributed by atoms with Crippen LogP contribution < -0.4 is 5.32 Å². The van der Waals surface area contributed by atoms with Crippen molar-refractivity contribution in [3.05, 3.63) is 12.8 Å².